The molecule has 1 aliphatic heterocycles. The van der Waals surface area contributed by atoms with E-state index >= 15 is 0 Å². The van der Waals surface area contributed by atoms with Crippen LogP contribution in [0.2, 0.25) is 0 Å². The minimum Gasteiger partial charge on any atom is -0.379 e. The maximum Gasteiger partial charge on any atom is 0.413 e. The molecule has 1 heterocycles. The van der Waals surface area contributed by atoms with Gasteiger partial charge in [0.25, 0.3) is 0 Å². The van der Waals surface area contributed by atoms with Crippen LogP contribution in [0.15, 0.2) is 0 Å². The third-order valence-corrected chi connectivity index (χ3v) is 2.89. The number of alkyl halides is 3. The Labute approximate surface area is 79.4 Å². The maximum atomic E-state index is 12.4. The van der Waals surface area contributed by atoms with E-state index < -0.39 is 11.6 Å². The van der Waals surface area contributed by atoms with E-state index in [0.717, 1.165) is 11.8 Å². The van der Waals surface area contributed by atoms with E-state index in [1.54, 1.807) is 0 Å². The fourth-order valence-corrected chi connectivity index (χ4v) is 2.08. The molecule has 0 saturated carbocycles. The van der Waals surface area contributed by atoms with Gasteiger partial charge in [-0.25, -0.2) is 0 Å². The summed E-state index contributed by atoms with van der Waals surface area (Å²) < 4.78 is 42.2. The molecular weight excluding hydrogens is 203 g/mol. The van der Waals surface area contributed by atoms with Gasteiger partial charge in [0.2, 0.25) is 0 Å². The highest BCUT2D eigenvalue weighted by Crippen LogP contribution is 2.31. The van der Waals surface area contributed by atoms with Gasteiger partial charge in [0.1, 0.15) is 0 Å². The van der Waals surface area contributed by atoms with Gasteiger partial charge in [-0.2, -0.15) is 13.2 Å². The van der Waals surface area contributed by atoms with Crippen molar-refractivity contribution < 1.29 is 17.9 Å². The van der Waals surface area contributed by atoms with Crippen LogP contribution in [-0.2, 0) is 4.74 Å². The minimum absolute atomic E-state index is 0.366. The van der Waals surface area contributed by atoms with Crippen LogP contribution in [0.3, 0.4) is 0 Å². The van der Waals surface area contributed by atoms with Crippen molar-refractivity contribution in [1.82, 2.24) is 4.90 Å². The molecule has 1 aliphatic rings. The van der Waals surface area contributed by atoms with Crippen LogP contribution in [0, 0.1) is 0 Å². The first-order chi connectivity index (χ1) is 6.05. The zero-order chi connectivity index (χ0) is 9.90. The molecule has 1 fully saturated rings. The van der Waals surface area contributed by atoms with E-state index in [1.807, 2.05) is 0 Å². The summed E-state index contributed by atoms with van der Waals surface area (Å²) in [5, 5.41) is -1.38. The molecule has 0 aliphatic carbocycles. The summed E-state index contributed by atoms with van der Waals surface area (Å²) in [6.45, 7) is 1.52. The second-order valence-corrected chi connectivity index (χ2v) is 3.70. The van der Waals surface area contributed by atoms with Gasteiger partial charge in [-0.05, 0) is 6.26 Å². The SMILES string of the molecule is CSC(N1CCOCC1)C(F)(F)F. The molecule has 0 amide bonds. The topological polar surface area (TPSA) is 12.5 Å². The molecule has 0 radical (unpaired) electrons. The van der Waals surface area contributed by atoms with Crippen molar-refractivity contribution in [2.24, 2.45) is 0 Å². The van der Waals surface area contributed by atoms with Crippen molar-refractivity contribution in [3.05, 3.63) is 0 Å². The van der Waals surface area contributed by atoms with Crippen molar-refractivity contribution >= 4 is 11.8 Å². The third kappa shape index (κ3) is 3.03. The van der Waals surface area contributed by atoms with Crippen LogP contribution in [0.25, 0.3) is 0 Å². The van der Waals surface area contributed by atoms with Gasteiger partial charge in [0.15, 0.2) is 5.37 Å². The molecule has 1 unspecified atom stereocenters. The van der Waals surface area contributed by atoms with E-state index in [1.165, 1.54) is 11.2 Å². The first-order valence-corrected chi connectivity index (χ1v) is 5.26. The Morgan fingerprint density at radius 1 is 1.31 bits per heavy atom. The third-order valence-electron chi connectivity index (χ3n) is 1.88. The van der Waals surface area contributed by atoms with E-state index in [2.05, 4.69) is 0 Å². The Balaban J connectivity index is 2.54. The standard InChI is InChI=1S/C7H12F3NOS/c1-13-6(7(8,9)10)11-2-4-12-5-3-11/h6H,2-5H2,1H3. The summed E-state index contributed by atoms with van der Waals surface area (Å²) in [4.78, 5) is 1.41. The molecule has 6 heteroatoms. The second-order valence-electron chi connectivity index (χ2n) is 2.78. The lowest BCUT2D eigenvalue weighted by Crippen LogP contribution is -2.48. The quantitative estimate of drug-likeness (QED) is 0.693. The molecule has 0 spiro atoms. The van der Waals surface area contributed by atoms with Crippen LogP contribution >= 0.6 is 11.8 Å². The number of hydrogen-bond acceptors (Lipinski definition) is 3. The molecule has 1 rings (SSSR count). The molecule has 13 heavy (non-hydrogen) atoms. The number of rotatable bonds is 2. The predicted molar refractivity (Wildman–Crippen MR) is 45.8 cm³/mol. The molecule has 0 aromatic carbocycles. The lowest BCUT2D eigenvalue weighted by atomic mass is 10.4. The smallest absolute Gasteiger partial charge is 0.379 e. The molecule has 0 aromatic rings. The summed E-state index contributed by atoms with van der Waals surface area (Å²) in [5.41, 5.74) is 0. The number of thioether (sulfide) groups is 1. The first kappa shape index (κ1) is 11.1. The number of hydrogen-bond donors (Lipinski definition) is 0. The monoisotopic (exact) mass is 215 g/mol. The molecule has 0 bridgehead atoms. The van der Waals surface area contributed by atoms with Crippen molar-refractivity contribution in [1.29, 1.82) is 0 Å². The first-order valence-electron chi connectivity index (χ1n) is 3.97. The summed E-state index contributed by atoms with van der Waals surface area (Å²) >= 11 is 0.829. The highest BCUT2D eigenvalue weighted by molar-refractivity contribution is 7.99. The predicted octanol–water partition coefficient (Wildman–Crippen LogP) is 1.57. The molecule has 78 valence electrons. The minimum atomic E-state index is -4.14. The van der Waals surface area contributed by atoms with Crippen LogP contribution in [0.5, 0.6) is 0 Å². The zero-order valence-corrected chi connectivity index (χ0v) is 8.12. The molecule has 1 saturated heterocycles. The fraction of sp³-hybridized carbons (Fsp3) is 1.00. The van der Waals surface area contributed by atoms with Gasteiger partial charge in [0, 0.05) is 13.1 Å². The van der Waals surface area contributed by atoms with Crippen LogP contribution in [-0.4, -0.2) is 49.0 Å². The van der Waals surface area contributed by atoms with Crippen LogP contribution < -0.4 is 0 Å². The number of ether oxygens (including phenoxy) is 1. The van der Waals surface area contributed by atoms with Gasteiger partial charge in [-0.15, -0.1) is 11.8 Å². The summed E-state index contributed by atoms with van der Waals surface area (Å²) in [5.74, 6) is 0. The van der Waals surface area contributed by atoms with E-state index in [4.69, 9.17) is 4.74 Å². The second kappa shape index (κ2) is 4.52. The lowest BCUT2D eigenvalue weighted by molar-refractivity contribution is -0.165. The van der Waals surface area contributed by atoms with Gasteiger partial charge in [-0.1, -0.05) is 0 Å². The van der Waals surface area contributed by atoms with Gasteiger partial charge >= 0.3 is 6.18 Å². The molecule has 0 N–H and O–H groups in total. The Morgan fingerprint density at radius 2 is 1.85 bits per heavy atom. The summed E-state index contributed by atoms with van der Waals surface area (Å²) in [6, 6.07) is 0. The van der Waals surface area contributed by atoms with E-state index in [0.29, 0.717) is 26.3 Å². The van der Waals surface area contributed by atoms with Gasteiger partial charge < -0.3 is 4.74 Å². The zero-order valence-electron chi connectivity index (χ0n) is 7.30. The van der Waals surface area contributed by atoms with Gasteiger partial charge in [0.05, 0.1) is 13.2 Å². The molecule has 0 aromatic heterocycles. The molecular formula is C7H12F3NOS. The maximum absolute atomic E-state index is 12.4. The number of nitrogens with zero attached hydrogens (tertiary/aromatic N) is 1. The van der Waals surface area contributed by atoms with Crippen molar-refractivity contribution in [2.75, 3.05) is 32.6 Å². The highest BCUT2D eigenvalue weighted by Gasteiger charge is 2.43. The molecule has 1 atom stereocenters. The van der Waals surface area contributed by atoms with Crippen LogP contribution in [0.4, 0.5) is 13.2 Å². The van der Waals surface area contributed by atoms with E-state index in [9.17, 15) is 13.2 Å². The summed E-state index contributed by atoms with van der Waals surface area (Å²) in [7, 11) is 0. The largest absolute Gasteiger partial charge is 0.413 e. The number of morpholine rings is 1. The van der Waals surface area contributed by atoms with Crippen molar-refractivity contribution in [3.8, 4) is 0 Å². The lowest BCUT2D eigenvalue weighted by Gasteiger charge is -2.34. The average Bonchev–Trinajstić information content (AvgIpc) is 2.05. The van der Waals surface area contributed by atoms with Crippen LogP contribution in [0.1, 0.15) is 0 Å². The Morgan fingerprint density at radius 3 is 2.23 bits per heavy atom. The Bertz CT molecular complexity index is 158. The van der Waals surface area contributed by atoms with Crippen molar-refractivity contribution in [2.45, 2.75) is 11.6 Å². The van der Waals surface area contributed by atoms with Crippen molar-refractivity contribution in [3.63, 3.8) is 0 Å². The fourth-order valence-electron chi connectivity index (χ4n) is 1.30. The Kier molecular flexibility index (Phi) is 3.87. The summed E-state index contributed by atoms with van der Waals surface area (Å²) in [6.07, 6.45) is -2.66. The normalized spacial score (nSPS) is 23.1. The Hall–Kier alpha value is 0.0600. The highest BCUT2D eigenvalue weighted by atomic mass is 32.2. The molecule has 2 nitrogen and oxygen atoms in total. The van der Waals surface area contributed by atoms with E-state index in [-0.39, 0.29) is 0 Å². The van der Waals surface area contributed by atoms with Gasteiger partial charge in [-0.3, -0.25) is 4.90 Å². The number of halogens is 3. The average molecular weight is 215 g/mol.